The number of allylic oxidation sites excluding steroid dienone is 3. The molecule has 4 rings (SSSR count). The molecule has 5 heteroatoms. The Labute approximate surface area is 182 Å². The summed E-state index contributed by atoms with van der Waals surface area (Å²) >= 11 is 3.34. The van der Waals surface area contributed by atoms with Gasteiger partial charge in [0.2, 0.25) is 5.78 Å². The second-order valence-corrected chi connectivity index (χ2v) is 7.61. The fourth-order valence-corrected chi connectivity index (χ4v) is 3.31. The number of Topliss-reactive ketones (excluding diaryl/α,β-unsaturated/α-hetero) is 1. The van der Waals surface area contributed by atoms with E-state index in [4.69, 9.17) is 9.47 Å². The van der Waals surface area contributed by atoms with E-state index in [9.17, 15) is 9.59 Å². The maximum absolute atomic E-state index is 12.6. The molecule has 0 N–H and O–H groups in total. The van der Waals surface area contributed by atoms with Gasteiger partial charge in [0, 0.05) is 10.0 Å². The number of fused-ring (bicyclic) bond motifs is 1. The van der Waals surface area contributed by atoms with Crippen molar-refractivity contribution in [2.75, 3.05) is 0 Å². The molecule has 0 aromatic heterocycles. The lowest BCUT2D eigenvalue weighted by Crippen LogP contribution is -2.09. The van der Waals surface area contributed by atoms with Gasteiger partial charge in [-0.15, -0.1) is 0 Å². The van der Waals surface area contributed by atoms with Crippen molar-refractivity contribution in [1.82, 2.24) is 0 Å². The minimum Gasteiger partial charge on any atom is -0.452 e. The molecule has 0 fully saturated rings. The number of esters is 1. The van der Waals surface area contributed by atoms with Gasteiger partial charge in [-0.2, -0.15) is 0 Å². The predicted octanol–water partition coefficient (Wildman–Crippen LogP) is 6.15. The van der Waals surface area contributed by atoms with Crippen LogP contribution in [0.25, 0.3) is 6.08 Å². The van der Waals surface area contributed by atoms with E-state index in [2.05, 4.69) is 15.9 Å². The molecule has 0 bridgehead atoms. The van der Waals surface area contributed by atoms with Gasteiger partial charge in [-0.25, -0.2) is 4.79 Å². The Morgan fingerprint density at radius 2 is 1.73 bits per heavy atom. The summed E-state index contributed by atoms with van der Waals surface area (Å²) in [6.45, 7) is 1.76. The first-order valence-electron chi connectivity index (χ1n) is 9.30. The van der Waals surface area contributed by atoms with Gasteiger partial charge >= 0.3 is 5.97 Å². The molecule has 0 aliphatic carbocycles. The average molecular weight is 461 g/mol. The second-order valence-electron chi connectivity index (χ2n) is 6.69. The normalized spacial score (nSPS) is 14.1. The minimum atomic E-state index is -0.476. The van der Waals surface area contributed by atoms with Gasteiger partial charge in [-0.05, 0) is 55.0 Å². The van der Waals surface area contributed by atoms with Gasteiger partial charge in [0.05, 0.1) is 11.1 Å². The largest absolute Gasteiger partial charge is 0.452 e. The summed E-state index contributed by atoms with van der Waals surface area (Å²) in [5, 5.41) is 0. The van der Waals surface area contributed by atoms with Crippen molar-refractivity contribution in [1.29, 1.82) is 0 Å². The van der Waals surface area contributed by atoms with Crippen LogP contribution in [0, 0.1) is 6.92 Å². The molecule has 30 heavy (non-hydrogen) atoms. The van der Waals surface area contributed by atoms with Crippen LogP contribution in [0.15, 0.2) is 89.1 Å². The number of carbonyl (C=O) groups is 2. The molecule has 0 saturated carbocycles. The zero-order valence-electron chi connectivity index (χ0n) is 16.1. The van der Waals surface area contributed by atoms with Crippen LogP contribution >= 0.6 is 15.9 Å². The highest BCUT2D eigenvalue weighted by molar-refractivity contribution is 9.10. The van der Waals surface area contributed by atoms with Crippen LogP contribution in [0.5, 0.6) is 11.5 Å². The number of hydrogen-bond donors (Lipinski definition) is 0. The molecule has 3 aromatic rings. The standard InChI is InChI=1S/C25H17BrO4/c1-16-21(30-25(28)18-10-12-19(26)13-11-18)15-14-20-23(27)22(29-24(16)20)9-5-8-17-6-3-2-4-7-17/h2-15H,1H3/b8-5+,22-9-. The van der Waals surface area contributed by atoms with Gasteiger partial charge in [0.15, 0.2) is 5.76 Å². The number of carbonyl (C=O) groups excluding carboxylic acids is 2. The average Bonchev–Trinajstić information content (AvgIpc) is 3.08. The zero-order valence-corrected chi connectivity index (χ0v) is 17.7. The van der Waals surface area contributed by atoms with Crippen LogP contribution in [-0.2, 0) is 0 Å². The lowest BCUT2D eigenvalue weighted by atomic mass is 10.1. The Balaban J connectivity index is 1.54. The summed E-state index contributed by atoms with van der Waals surface area (Å²) < 4.78 is 12.2. The van der Waals surface area contributed by atoms with Gasteiger partial charge in [0.1, 0.15) is 11.5 Å². The van der Waals surface area contributed by atoms with Gasteiger partial charge < -0.3 is 9.47 Å². The molecular weight excluding hydrogens is 444 g/mol. The summed E-state index contributed by atoms with van der Waals surface area (Å²) in [5.74, 6) is 0.334. The Bertz CT molecular complexity index is 1180. The predicted molar refractivity (Wildman–Crippen MR) is 119 cm³/mol. The number of halogens is 1. The quantitative estimate of drug-likeness (QED) is 0.266. The Morgan fingerprint density at radius 1 is 1.00 bits per heavy atom. The Kier molecular flexibility index (Phi) is 5.63. The first kappa shape index (κ1) is 19.9. The second kappa shape index (κ2) is 8.51. The number of ether oxygens (including phenoxy) is 2. The third-order valence-electron chi connectivity index (χ3n) is 4.66. The number of rotatable bonds is 4. The van der Waals surface area contributed by atoms with Crippen LogP contribution < -0.4 is 9.47 Å². The number of hydrogen-bond acceptors (Lipinski definition) is 4. The van der Waals surface area contributed by atoms with E-state index in [-0.39, 0.29) is 11.5 Å². The number of ketones is 1. The van der Waals surface area contributed by atoms with Crippen LogP contribution in [0.1, 0.15) is 31.8 Å². The summed E-state index contributed by atoms with van der Waals surface area (Å²) in [5.41, 5.74) is 2.51. The molecule has 0 saturated heterocycles. The van der Waals surface area contributed by atoms with Gasteiger partial charge in [-0.1, -0.05) is 58.4 Å². The maximum atomic E-state index is 12.6. The van der Waals surface area contributed by atoms with Gasteiger partial charge in [0.25, 0.3) is 0 Å². The van der Waals surface area contributed by atoms with Crippen LogP contribution in [0.4, 0.5) is 0 Å². The summed E-state index contributed by atoms with van der Waals surface area (Å²) in [7, 11) is 0. The summed E-state index contributed by atoms with van der Waals surface area (Å²) in [6.07, 6.45) is 5.31. The molecule has 4 nitrogen and oxygen atoms in total. The van der Waals surface area contributed by atoms with Crippen LogP contribution in [0.3, 0.4) is 0 Å². The van der Waals surface area contributed by atoms with Gasteiger partial charge in [-0.3, -0.25) is 4.79 Å². The Hall–Kier alpha value is -3.44. The van der Waals surface area contributed by atoms with E-state index < -0.39 is 5.97 Å². The lowest BCUT2D eigenvalue weighted by molar-refractivity contribution is 0.0733. The Morgan fingerprint density at radius 3 is 2.47 bits per heavy atom. The third-order valence-corrected chi connectivity index (χ3v) is 5.18. The molecule has 1 heterocycles. The fraction of sp³-hybridized carbons (Fsp3) is 0.0400. The highest BCUT2D eigenvalue weighted by atomic mass is 79.9. The first-order chi connectivity index (χ1) is 14.5. The van der Waals surface area contributed by atoms with E-state index in [1.54, 1.807) is 55.5 Å². The van der Waals surface area contributed by atoms with Crippen molar-refractivity contribution in [3.05, 3.63) is 111 Å². The molecule has 0 amide bonds. The zero-order chi connectivity index (χ0) is 21.1. The lowest BCUT2D eigenvalue weighted by Gasteiger charge is -2.10. The smallest absolute Gasteiger partial charge is 0.343 e. The highest BCUT2D eigenvalue weighted by Gasteiger charge is 2.30. The van der Waals surface area contributed by atoms with Crippen molar-refractivity contribution in [3.63, 3.8) is 0 Å². The van der Waals surface area contributed by atoms with Crippen molar-refractivity contribution >= 4 is 33.8 Å². The molecule has 148 valence electrons. The summed E-state index contributed by atoms with van der Waals surface area (Å²) in [6, 6.07) is 19.9. The molecule has 0 unspecified atom stereocenters. The summed E-state index contributed by atoms with van der Waals surface area (Å²) in [4.78, 5) is 25.1. The van der Waals surface area contributed by atoms with E-state index in [0.717, 1.165) is 10.0 Å². The van der Waals surface area contributed by atoms with E-state index in [0.29, 0.717) is 28.2 Å². The fourth-order valence-electron chi connectivity index (χ4n) is 3.05. The number of benzene rings is 3. The monoisotopic (exact) mass is 460 g/mol. The molecule has 0 atom stereocenters. The van der Waals surface area contributed by atoms with Crippen molar-refractivity contribution < 1.29 is 19.1 Å². The molecule has 1 aliphatic heterocycles. The molecule has 0 radical (unpaired) electrons. The van der Waals surface area contributed by atoms with Crippen molar-refractivity contribution in [3.8, 4) is 11.5 Å². The van der Waals surface area contributed by atoms with E-state index in [1.165, 1.54) is 0 Å². The van der Waals surface area contributed by atoms with Crippen LogP contribution in [-0.4, -0.2) is 11.8 Å². The third kappa shape index (κ3) is 4.11. The molecule has 1 aliphatic rings. The minimum absolute atomic E-state index is 0.198. The van der Waals surface area contributed by atoms with Crippen molar-refractivity contribution in [2.45, 2.75) is 6.92 Å². The first-order valence-corrected chi connectivity index (χ1v) is 10.1. The molecular formula is C25H17BrO4. The molecule has 3 aromatic carbocycles. The van der Waals surface area contributed by atoms with Crippen LogP contribution in [0.2, 0.25) is 0 Å². The topological polar surface area (TPSA) is 52.6 Å². The highest BCUT2D eigenvalue weighted by Crippen LogP contribution is 2.39. The maximum Gasteiger partial charge on any atom is 0.343 e. The molecule has 0 spiro atoms. The SMILES string of the molecule is Cc1c(OC(=O)c2ccc(Br)cc2)ccc2c1O/C(=C\C=C\c1ccccc1)C2=O. The van der Waals surface area contributed by atoms with E-state index in [1.807, 2.05) is 36.4 Å². The van der Waals surface area contributed by atoms with Crippen molar-refractivity contribution in [2.24, 2.45) is 0 Å². The van der Waals surface area contributed by atoms with E-state index >= 15 is 0 Å².